The van der Waals surface area contributed by atoms with E-state index in [4.69, 9.17) is 4.74 Å². The smallest absolute Gasteiger partial charge is 0.416 e. The molecular formula is C34H28BrF4OP. The van der Waals surface area contributed by atoms with Gasteiger partial charge in [0, 0.05) is 12.0 Å². The third-order valence-corrected chi connectivity index (χ3v) is 11.3. The molecule has 0 amide bonds. The van der Waals surface area contributed by atoms with Crippen molar-refractivity contribution >= 4 is 23.2 Å². The second-order valence-corrected chi connectivity index (χ2v) is 13.0. The van der Waals surface area contributed by atoms with Gasteiger partial charge in [-0.15, -0.1) is 0 Å². The van der Waals surface area contributed by atoms with Gasteiger partial charge in [0.1, 0.15) is 40.9 Å². The molecule has 0 aliphatic rings. The first kappa shape index (κ1) is 30.5. The zero-order valence-corrected chi connectivity index (χ0v) is 24.5. The van der Waals surface area contributed by atoms with E-state index in [0.717, 1.165) is 23.3 Å². The maximum absolute atomic E-state index is 14.7. The molecule has 0 N–H and O–H groups in total. The highest BCUT2D eigenvalue weighted by Crippen LogP contribution is 2.59. The summed E-state index contributed by atoms with van der Waals surface area (Å²) in [6.45, 7) is 0.247. The molecule has 0 spiro atoms. The van der Waals surface area contributed by atoms with E-state index in [1.165, 1.54) is 40.2 Å². The Balaban J connectivity index is 0.00000387. The van der Waals surface area contributed by atoms with Crippen molar-refractivity contribution in [3.8, 4) is 5.75 Å². The first-order chi connectivity index (χ1) is 19.4. The molecule has 41 heavy (non-hydrogen) atoms. The van der Waals surface area contributed by atoms with Gasteiger partial charge >= 0.3 is 6.18 Å². The van der Waals surface area contributed by atoms with Crippen molar-refractivity contribution in [3.63, 3.8) is 0 Å². The van der Waals surface area contributed by atoms with Gasteiger partial charge in [0.15, 0.2) is 0 Å². The lowest BCUT2D eigenvalue weighted by molar-refractivity contribution is -0.137. The summed E-state index contributed by atoms with van der Waals surface area (Å²) in [5, 5.41) is 3.52. The van der Waals surface area contributed by atoms with Crippen molar-refractivity contribution in [1.82, 2.24) is 0 Å². The van der Waals surface area contributed by atoms with Gasteiger partial charge in [0.2, 0.25) is 0 Å². The summed E-state index contributed by atoms with van der Waals surface area (Å²) in [5.74, 6) is 0.220. The molecule has 210 valence electrons. The predicted molar refractivity (Wildman–Crippen MR) is 156 cm³/mol. The van der Waals surface area contributed by atoms with E-state index in [1.807, 2.05) is 54.6 Å². The number of alkyl halides is 3. The minimum Gasteiger partial charge on any atom is -1.00 e. The van der Waals surface area contributed by atoms with Gasteiger partial charge in [-0.3, -0.25) is 0 Å². The molecule has 5 rings (SSSR count). The molecule has 0 heterocycles. The fraction of sp³-hybridized carbons (Fsp3) is 0.118. The van der Waals surface area contributed by atoms with Crippen molar-refractivity contribution in [1.29, 1.82) is 0 Å². The van der Waals surface area contributed by atoms with Crippen molar-refractivity contribution in [2.75, 3.05) is 6.61 Å². The molecule has 0 radical (unpaired) electrons. The van der Waals surface area contributed by atoms with Crippen LogP contribution in [0.15, 0.2) is 133 Å². The molecule has 0 bridgehead atoms. The van der Waals surface area contributed by atoms with Gasteiger partial charge in [-0.1, -0.05) is 66.7 Å². The third kappa shape index (κ3) is 7.06. The molecule has 0 fully saturated rings. The number of halogens is 5. The first-order valence-electron chi connectivity index (χ1n) is 13.0. The highest BCUT2D eigenvalue weighted by atomic mass is 79.9. The van der Waals surface area contributed by atoms with Crippen LogP contribution < -0.4 is 37.6 Å². The Morgan fingerprint density at radius 2 is 1.10 bits per heavy atom. The van der Waals surface area contributed by atoms with Gasteiger partial charge in [0.25, 0.3) is 0 Å². The SMILES string of the molecule is Fc1ccc(OCCc2ccc(C(F)(F)F)cc2)c(C[P+](c2ccccc2)(c2ccccc2)c2ccccc2)c1.[Br-]. The quantitative estimate of drug-likeness (QED) is 0.164. The van der Waals surface area contributed by atoms with Gasteiger partial charge in [0.05, 0.1) is 12.2 Å². The molecule has 7 heteroatoms. The van der Waals surface area contributed by atoms with Crippen molar-refractivity contribution in [2.45, 2.75) is 18.8 Å². The lowest BCUT2D eigenvalue weighted by Crippen LogP contribution is -3.00. The van der Waals surface area contributed by atoms with Crippen LogP contribution in [0.1, 0.15) is 16.7 Å². The standard InChI is InChI=1S/C34H28F4OP.BrH/c35-29-20-21-33(39-23-22-26-16-18-28(19-17-26)34(36,37)38)27(24-29)25-40(30-10-4-1-5-11-30,31-12-6-2-7-13-31)32-14-8-3-9-15-32;/h1-21,24H,22-23,25H2;1H/q+1;/p-1. The Bertz CT molecular complexity index is 1430. The van der Waals surface area contributed by atoms with Crippen molar-refractivity contribution in [3.05, 3.63) is 156 Å². The highest BCUT2D eigenvalue weighted by molar-refractivity contribution is 7.95. The van der Waals surface area contributed by atoms with Crippen LogP contribution in [-0.2, 0) is 18.8 Å². The maximum atomic E-state index is 14.7. The number of rotatable bonds is 9. The Hall–Kier alpha value is -3.47. The Labute approximate surface area is 248 Å². The largest absolute Gasteiger partial charge is 1.00 e. The Morgan fingerprint density at radius 1 is 0.610 bits per heavy atom. The molecule has 0 saturated carbocycles. The van der Waals surface area contributed by atoms with Gasteiger partial charge in [-0.25, -0.2) is 4.39 Å². The predicted octanol–water partition coefficient (Wildman–Crippen LogP) is 4.96. The molecule has 5 aromatic carbocycles. The summed E-state index contributed by atoms with van der Waals surface area (Å²) in [4.78, 5) is 0. The lowest BCUT2D eigenvalue weighted by Gasteiger charge is -2.28. The van der Waals surface area contributed by atoms with E-state index in [9.17, 15) is 17.6 Å². The fourth-order valence-electron chi connectivity index (χ4n) is 4.98. The molecule has 5 aromatic rings. The fourth-order valence-corrected chi connectivity index (χ4v) is 9.22. The summed E-state index contributed by atoms with van der Waals surface area (Å²) in [5.41, 5.74) is 0.801. The second kappa shape index (κ2) is 13.5. The molecule has 0 aromatic heterocycles. The number of hydrogen-bond donors (Lipinski definition) is 0. The minimum absolute atomic E-state index is 0. The van der Waals surface area contributed by atoms with Crippen LogP contribution >= 0.6 is 7.26 Å². The van der Waals surface area contributed by atoms with Crippen molar-refractivity contribution in [2.24, 2.45) is 0 Å². The van der Waals surface area contributed by atoms with Crippen LogP contribution in [0.4, 0.5) is 17.6 Å². The number of benzene rings is 5. The Morgan fingerprint density at radius 3 is 1.56 bits per heavy atom. The third-order valence-electron chi connectivity index (χ3n) is 6.95. The van der Waals surface area contributed by atoms with Crippen LogP contribution in [0.3, 0.4) is 0 Å². The molecule has 0 atom stereocenters. The molecule has 0 aliphatic heterocycles. The van der Waals surface area contributed by atoms with Crippen molar-refractivity contribution < 1.29 is 39.3 Å². The molecule has 1 nitrogen and oxygen atoms in total. The Kier molecular flexibility index (Phi) is 10.0. The average Bonchev–Trinajstić information content (AvgIpc) is 2.98. The minimum atomic E-state index is -4.37. The van der Waals surface area contributed by atoms with Crippen LogP contribution in [0.25, 0.3) is 0 Å². The summed E-state index contributed by atoms with van der Waals surface area (Å²) in [6, 6.07) is 40.6. The summed E-state index contributed by atoms with van der Waals surface area (Å²) in [6.07, 6.45) is -3.41. The number of hydrogen-bond acceptors (Lipinski definition) is 1. The molecule has 0 unspecified atom stereocenters. The highest BCUT2D eigenvalue weighted by Gasteiger charge is 2.46. The lowest BCUT2D eigenvalue weighted by atomic mass is 10.1. The van der Waals surface area contributed by atoms with Crippen LogP contribution in [0.5, 0.6) is 5.75 Å². The van der Waals surface area contributed by atoms with Gasteiger partial charge in [-0.05, 0) is 72.3 Å². The topological polar surface area (TPSA) is 9.23 Å². The molecule has 0 aliphatic carbocycles. The van der Waals surface area contributed by atoms with E-state index in [1.54, 1.807) is 6.07 Å². The normalized spacial score (nSPS) is 11.5. The first-order valence-corrected chi connectivity index (χ1v) is 15.0. The van der Waals surface area contributed by atoms with Crippen LogP contribution in [0.2, 0.25) is 0 Å². The van der Waals surface area contributed by atoms with E-state index >= 15 is 0 Å². The molecular weight excluding hydrogens is 611 g/mol. The summed E-state index contributed by atoms with van der Waals surface area (Å²) >= 11 is 0. The average molecular weight is 639 g/mol. The van der Waals surface area contributed by atoms with E-state index in [2.05, 4.69) is 36.4 Å². The second-order valence-electron chi connectivity index (χ2n) is 9.52. The maximum Gasteiger partial charge on any atom is 0.416 e. The number of ether oxygens (including phenoxy) is 1. The monoisotopic (exact) mass is 638 g/mol. The zero-order chi connectivity index (χ0) is 28.0. The van der Waals surface area contributed by atoms with Gasteiger partial charge in [-0.2, -0.15) is 13.2 Å². The van der Waals surface area contributed by atoms with Crippen LogP contribution in [-0.4, -0.2) is 6.61 Å². The molecule has 0 saturated heterocycles. The van der Waals surface area contributed by atoms with E-state index in [-0.39, 0.29) is 29.4 Å². The zero-order valence-electron chi connectivity index (χ0n) is 22.1. The summed E-state index contributed by atoms with van der Waals surface area (Å²) < 4.78 is 59.7. The van der Waals surface area contributed by atoms with E-state index in [0.29, 0.717) is 18.3 Å². The van der Waals surface area contributed by atoms with Gasteiger partial charge < -0.3 is 21.7 Å². The summed E-state index contributed by atoms with van der Waals surface area (Å²) in [7, 11) is -2.29. The van der Waals surface area contributed by atoms with E-state index < -0.39 is 19.0 Å². The van der Waals surface area contributed by atoms with Crippen LogP contribution in [0, 0.1) is 5.82 Å².